The van der Waals surface area contributed by atoms with Gasteiger partial charge in [0.2, 0.25) is 5.76 Å². The second-order valence-corrected chi connectivity index (χ2v) is 3.35. The van der Waals surface area contributed by atoms with Crippen LogP contribution in [-0.4, -0.2) is 26.8 Å². The molecule has 0 saturated heterocycles. The summed E-state index contributed by atoms with van der Waals surface area (Å²) in [6.07, 6.45) is 0.695. The van der Waals surface area contributed by atoms with Crippen LogP contribution >= 0.6 is 0 Å². The number of hydrogen-bond acceptors (Lipinski definition) is 4. The van der Waals surface area contributed by atoms with Crippen molar-refractivity contribution in [3.05, 3.63) is 23.3 Å². The number of hydrogen-bond donors (Lipinski definition) is 0. The molecule has 0 radical (unpaired) electrons. The van der Waals surface area contributed by atoms with Crippen LogP contribution in [0.15, 0.2) is 12.1 Å². The van der Waals surface area contributed by atoms with Gasteiger partial charge in [-0.2, -0.15) is 0 Å². The number of benzene rings is 1. The molecule has 16 heavy (non-hydrogen) atoms. The Morgan fingerprint density at radius 1 is 1.25 bits per heavy atom. The quantitative estimate of drug-likeness (QED) is 0.707. The first-order valence-corrected chi connectivity index (χ1v) is 4.94. The van der Waals surface area contributed by atoms with Gasteiger partial charge < -0.3 is 14.2 Å². The molecule has 4 nitrogen and oxygen atoms in total. The van der Waals surface area contributed by atoms with E-state index in [1.165, 1.54) is 0 Å². The lowest BCUT2D eigenvalue weighted by Gasteiger charge is -2.22. The van der Waals surface area contributed by atoms with Gasteiger partial charge in [-0.25, -0.2) is 4.79 Å². The maximum atomic E-state index is 10.8. The van der Waals surface area contributed by atoms with Crippen molar-refractivity contribution in [3.63, 3.8) is 0 Å². The molecule has 1 aliphatic rings. The van der Waals surface area contributed by atoms with E-state index in [4.69, 9.17) is 14.2 Å². The monoisotopic (exact) mass is 220 g/mol. The molecule has 84 valence electrons. The van der Waals surface area contributed by atoms with E-state index in [-0.39, 0.29) is 5.76 Å². The second-order valence-electron chi connectivity index (χ2n) is 3.35. The lowest BCUT2D eigenvalue weighted by molar-refractivity contribution is 0.265. The largest absolute Gasteiger partial charge is 0.496 e. The van der Waals surface area contributed by atoms with Crippen LogP contribution in [0.4, 0.5) is 0 Å². The van der Waals surface area contributed by atoms with Crippen molar-refractivity contribution in [2.75, 3.05) is 20.8 Å². The highest BCUT2D eigenvalue weighted by molar-refractivity contribution is 5.88. The number of rotatable bonds is 2. The molecule has 1 aliphatic heterocycles. The fraction of sp³-hybridized carbons (Fsp3) is 0.333. The van der Waals surface area contributed by atoms with Gasteiger partial charge in [-0.1, -0.05) is 0 Å². The Kier molecular flexibility index (Phi) is 2.84. The van der Waals surface area contributed by atoms with Crippen molar-refractivity contribution >= 4 is 11.7 Å². The Balaban J connectivity index is 2.69. The van der Waals surface area contributed by atoms with Gasteiger partial charge in [0.15, 0.2) is 5.94 Å². The van der Waals surface area contributed by atoms with Gasteiger partial charge in [-0.3, -0.25) is 0 Å². The third kappa shape index (κ3) is 1.53. The predicted octanol–water partition coefficient (Wildman–Crippen LogP) is 1.45. The average molecular weight is 220 g/mol. The molecule has 0 fully saturated rings. The first-order valence-electron chi connectivity index (χ1n) is 4.94. The summed E-state index contributed by atoms with van der Waals surface area (Å²) in [7, 11) is 3.15. The lowest BCUT2D eigenvalue weighted by atomic mass is 9.99. The van der Waals surface area contributed by atoms with Gasteiger partial charge in [-0.15, -0.1) is 0 Å². The Bertz CT molecular complexity index is 458. The molecule has 0 atom stereocenters. The van der Waals surface area contributed by atoms with E-state index in [1.807, 2.05) is 6.07 Å². The molecule has 0 aliphatic carbocycles. The minimum Gasteiger partial charge on any atom is -0.496 e. The van der Waals surface area contributed by atoms with E-state index in [2.05, 4.69) is 0 Å². The van der Waals surface area contributed by atoms with Crippen LogP contribution in [0.3, 0.4) is 0 Å². The zero-order chi connectivity index (χ0) is 11.5. The van der Waals surface area contributed by atoms with Crippen LogP contribution in [-0.2, 0) is 16.0 Å². The van der Waals surface area contributed by atoms with Crippen LogP contribution in [0.1, 0.15) is 11.1 Å². The third-order valence-electron chi connectivity index (χ3n) is 2.59. The zero-order valence-corrected chi connectivity index (χ0v) is 9.20. The predicted molar refractivity (Wildman–Crippen MR) is 58.3 cm³/mol. The van der Waals surface area contributed by atoms with Gasteiger partial charge in [0.1, 0.15) is 11.5 Å². The lowest BCUT2D eigenvalue weighted by Crippen LogP contribution is -2.12. The Labute approximate surface area is 93.4 Å². The van der Waals surface area contributed by atoms with Crippen molar-refractivity contribution in [1.82, 2.24) is 0 Å². The van der Waals surface area contributed by atoms with Gasteiger partial charge >= 0.3 is 0 Å². The van der Waals surface area contributed by atoms with E-state index >= 15 is 0 Å². The molecule has 0 unspecified atom stereocenters. The highest BCUT2D eigenvalue weighted by Crippen LogP contribution is 2.37. The Hall–Kier alpha value is -1.93. The normalized spacial score (nSPS) is 13.5. The van der Waals surface area contributed by atoms with Gasteiger partial charge in [0.05, 0.1) is 26.4 Å². The fourth-order valence-corrected chi connectivity index (χ4v) is 1.87. The number of methoxy groups -OCH3 is 2. The van der Waals surface area contributed by atoms with Crippen molar-refractivity contribution in [1.29, 1.82) is 0 Å². The molecular weight excluding hydrogens is 208 g/mol. The number of fused-ring (bicyclic) bond motifs is 1. The Morgan fingerprint density at radius 2 is 1.94 bits per heavy atom. The highest BCUT2D eigenvalue weighted by atomic mass is 16.5. The molecule has 0 spiro atoms. The van der Waals surface area contributed by atoms with Crippen LogP contribution in [0, 0.1) is 0 Å². The standard InChI is InChI=1S/C12H12O4/c1-14-9-3-4-10(15-2)12-8(9)5-6-16-11(12)7-13/h3-4H,5-6H2,1-2H3. The molecule has 0 aromatic heterocycles. The zero-order valence-electron chi connectivity index (χ0n) is 9.20. The summed E-state index contributed by atoms with van der Waals surface area (Å²) < 4.78 is 15.7. The topological polar surface area (TPSA) is 44.8 Å². The van der Waals surface area contributed by atoms with E-state index in [0.29, 0.717) is 24.3 Å². The molecule has 1 aromatic carbocycles. The second kappa shape index (κ2) is 4.29. The molecule has 1 heterocycles. The number of ether oxygens (including phenoxy) is 3. The summed E-state index contributed by atoms with van der Waals surface area (Å²) in [4.78, 5) is 10.8. The van der Waals surface area contributed by atoms with Gasteiger partial charge in [-0.05, 0) is 12.1 Å². The maximum absolute atomic E-state index is 10.8. The molecule has 0 N–H and O–H groups in total. The minimum absolute atomic E-state index is 0.192. The van der Waals surface area contributed by atoms with E-state index in [1.54, 1.807) is 26.2 Å². The minimum atomic E-state index is 0.192. The smallest absolute Gasteiger partial charge is 0.215 e. The molecule has 0 bridgehead atoms. The van der Waals surface area contributed by atoms with Crippen LogP contribution in [0.25, 0.3) is 5.76 Å². The van der Waals surface area contributed by atoms with Crippen LogP contribution in [0.5, 0.6) is 11.5 Å². The third-order valence-corrected chi connectivity index (χ3v) is 2.59. The van der Waals surface area contributed by atoms with E-state index < -0.39 is 0 Å². The average Bonchev–Trinajstić information content (AvgIpc) is 2.36. The van der Waals surface area contributed by atoms with Crippen molar-refractivity contribution in [3.8, 4) is 11.5 Å². The summed E-state index contributed by atoms with van der Waals surface area (Å²) in [6, 6.07) is 3.58. The first-order chi connectivity index (χ1) is 7.81. The highest BCUT2D eigenvalue weighted by Gasteiger charge is 2.24. The SMILES string of the molecule is COc1ccc(OC)c2c1CCOC2=C=O. The van der Waals surface area contributed by atoms with E-state index in [0.717, 1.165) is 11.3 Å². The fourth-order valence-electron chi connectivity index (χ4n) is 1.87. The Morgan fingerprint density at radius 3 is 2.56 bits per heavy atom. The summed E-state index contributed by atoms with van der Waals surface area (Å²) in [5.41, 5.74) is 1.59. The summed E-state index contributed by atoms with van der Waals surface area (Å²) in [5.74, 6) is 3.33. The molecule has 4 heteroatoms. The molecular formula is C12H12O4. The van der Waals surface area contributed by atoms with Crippen molar-refractivity contribution in [2.45, 2.75) is 6.42 Å². The molecule has 2 rings (SSSR count). The molecule has 0 amide bonds. The first kappa shape index (κ1) is 10.6. The summed E-state index contributed by atoms with van der Waals surface area (Å²) in [6.45, 7) is 0.459. The van der Waals surface area contributed by atoms with Gasteiger partial charge in [0, 0.05) is 12.0 Å². The molecule has 0 saturated carbocycles. The molecule has 1 aromatic rings. The van der Waals surface area contributed by atoms with Crippen LogP contribution in [0.2, 0.25) is 0 Å². The van der Waals surface area contributed by atoms with Crippen LogP contribution < -0.4 is 9.47 Å². The van der Waals surface area contributed by atoms with Crippen molar-refractivity contribution in [2.24, 2.45) is 0 Å². The van der Waals surface area contributed by atoms with Crippen molar-refractivity contribution < 1.29 is 19.0 Å². The van der Waals surface area contributed by atoms with E-state index in [9.17, 15) is 4.79 Å². The maximum Gasteiger partial charge on any atom is 0.215 e. The van der Waals surface area contributed by atoms with Gasteiger partial charge in [0.25, 0.3) is 0 Å². The summed E-state index contributed by atoms with van der Waals surface area (Å²) >= 11 is 0. The number of carbonyl (C=O) groups excluding carboxylic acids is 1. The summed E-state index contributed by atoms with van der Waals surface area (Å²) in [5, 5.41) is 0.